The van der Waals surface area contributed by atoms with Crippen molar-refractivity contribution in [3.05, 3.63) is 46.6 Å². The van der Waals surface area contributed by atoms with Gasteiger partial charge < -0.3 is 4.74 Å². The summed E-state index contributed by atoms with van der Waals surface area (Å²) < 4.78 is 7.14. The summed E-state index contributed by atoms with van der Waals surface area (Å²) in [6.45, 7) is 2.90. The van der Waals surface area contributed by atoms with Gasteiger partial charge in [0.2, 0.25) is 0 Å². The Morgan fingerprint density at radius 3 is 2.85 bits per heavy atom. The zero-order valence-electron chi connectivity index (χ0n) is 14.8. The third-order valence-corrected chi connectivity index (χ3v) is 5.49. The van der Waals surface area contributed by atoms with E-state index in [4.69, 9.17) is 4.74 Å². The molecule has 7 heteroatoms. The lowest BCUT2D eigenvalue weighted by Crippen LogP contribution is -2.17. The number of thiazole rings is 1. The Balaban J connectivity index is 1.55. The monoisotopic (exact) mass is 368 g/mol. The minimum absolute atomic E-state index is 0.136. The van der Waals surface area contributed by atoms with Crippen molar-refractivity contribution < 1.29 is 9.53 Å². The molecule has 0 unspecified atom stereocenters. The number of hydrogen-bond donors (Lipinski definition) is 1. The van der Waals surface area contributed by atoms with Gasteiger partial charge in [0.15, 0.2) is 5.13 Å². The van der Waals surface area contributed by atoms with Crippen molar-refractivity contribution in [2.75, 3.05) is 12.4 Å². The molecule has 3 heterocycles. The molecule has 1 N–H and O–H groups in total. The van der Waals surface area contributed by atoms with Gasteiger partial charge in [-0.25, -0.2) is 4.98 Å². The molecule has 134 valence electrons. The predicted molar refractivity (Wildman–Crippen MR) is 102 cm³/mol. The molecule has 26 heavy (non-hydrogen) atoms. The first-order valence-electron chi connectivity index (χ1n) is 8.63. The molecule has 6 nitrogen and oxygen atoms in total. The van der Waals surface area contributed by atoms with E-state index >= 15 is 0 Å². The average molecular weight is 368 g/mol. The summed E-state index contributed by atoms with van der Waals surface area (Å²) in [6, 6.07) is 7.76. The first-order valence-corrected chi connectivity index (χ1v) is 9.45. The van der Waals surface area contributed by atoms with Gasteiger partial charge in [0, 0.05) is 17.0 Å². The van der Waals surface area contributed by atoms with E-state index in [1.165, 1.54) is 11.3 Å². The molecular formula is C19H20N4O2S. The smallest absolute Gasteiger partial charge is 0.260 e. The van der Waals surface area contributed by atoms with E-state index in [9.17, 15) is 4.79 Å². The number of anilines is 1. The van der Waals surface area contributed by atoms with Crippen LogP contribution < -0.4 is 10.1 Å². The molecule has 0 fully saturated rings. The minimum atomic E-state index is -0.136. The molecule has 0 saturated heterocycles. The number of carbonyl (C=O) groups is 1. The van der Waals surface area contributed by atoms with Gasteiger partial charge in [-0.3, -0.25) is 14.8 Å². The van der Waals surface area contributed by atoms with Crippen LogP contribution in [0.1, 0.15) is 33.8 Å². The fourth-order valence-electron chi connectivity index (χ4n) is 3.24. The Kier molecular flexibility index (Phi) is 4.46. The molecule has 2 aromatic heterocycles. The number of nitrogens with zero attached hydrogens (tertiary/aromatic N) is 3. The maximum atomic E-state index is 12.7. The summed E-state index contributed by atoms with van der Waals surface area (Å²) in [4.78, 5) is 18.3. The Labute approximate surface area is 155 Å². The number of carbonyl (C=O) groups excluding carboxylic acids is 1. The highest BCUT2D eigenvalue weighted by molar-refractivity contribution is 7.16. The number of hydrogen-bond acceptors (Lipinski definition) is 5. The lowest BCUT2D eigenvalue weighted by molar-refractivity contribution is 0.102. The lowest BCUT2D eigenvalue weighted by Gasteiger charge is -2.14. The van der Waals surface area contributed by atoms with Crippen molar-refractivity contribution in [1.82, 2.24) is 14.8 Å². The molecule has 1 aliphatic heterocycles. The second kappa shape index (κ2) is 6.92. The van der Waals surface area contributed by atoms with Gasteiger partial charge in [0.05, 0.1) is 30.3 Å². The summed E-state index contributed by atoms with van der Waals surface area (Å²) in [5.74, 6) is 0.671. The van der Waals surface area contributed by atoms with E-state index in [0.717, 1.165) is 53.4 Å². The second-order valence-corrected chi connectivity index (χ2v) is 7.49. The maximum Gasteiger partial charge on any atom is 0.260 e. The predicted octanol–water partition coefficient (Wildman–Crippen LogP) is 3.91. The fraction of sp³-hybridized carbons (Fsp3) is 0.316. The van der Waals surface area contributed by atoms with Crippen molar-refractivity contribution in [3.8, 4) is 17.0 Å². The maximum absolute atomic E-state index is 12.7. The van der Waals surface area contributed by atoms with E-state index in [1.54, 1.807) is 13.3 Å². The van der Waals surface area contributed by atoms with E-state index in [1.807, 2.05) is 35.9 Å². The van der Waals surface area contributed by atoms with Crippen LogP contribution in [0.3, 0.4) is 0 Å². The van der Waals surface area contributed by atoms with Crippen LogP contribution in [-0.4, -0.2) is 27.8 Å². The zero-order valence-corrected chi connectivity index (χ0v) is 15.6. The van der Waals surface area contributed by atoms with Gasteiger partial charge in [-0.2, -0.15) is 5.10 Å². The summed E-state index contributed by atoms with van der Waals surface area (Å²) in [7, 11) is 1.65. The number of amides is 1. The second-order valence-electron chi connectivity index (χ2n) is 6.29. The van der Waals surface area contributed by atoms with Gasteiger partial charge >= 0.3 is 0 Å². The highest BCUT2D eigenvalue weighted by atomic mass is 32.1. The standard InChI is InChI=1S/C19H20N4O2S/c1-12-17(13-6-8-14(25-2)9-7-13)21-19(26-12)22-18(24)15-11-20-23-10-4-3-5-16(15)23/h6-9,11H,3-5,10H2,1-2H3,(H,21,22,24). The van der Waals surface area contributed by atoms with Crippen molar-refractivity contribution in [1.29, 1.82) is 0 Å². The van der Waals surface area contributed by atoms with Gasteiger partial charge in [-0.1, -0.05) is 0 Å². The Hall–Kier alpha value is -2.67. The number of fused-ring (bicyclic) bond motifs is 1. The molecule has 1 aliphatic rings. The van der Waals surface area contributed by atoms with Gasteiger partial charge in [0.1, 0.15) is 5.75 Å². The van der Waals surface area contributed by atoms with E-state index in [2.05, 4.69) is 15.4 Å². The van der Waals surface area contributed by atoms with Crippen LogP contribution in [0.5, 0.6) is 5.75 Å². The van der Waals surface area contributed by atoms with Crippen LogP contribution in [0.25, 0.3) is 11.3 Å². The molecular weight excluding hydrogens is 348 g/mol. The topological polar surface area (TPSA) is 69.0 Å². The summed E-state index contributed by atoms with van der Waals surface area (Å²) in [5.41, 5.74) is 3.56. The van der Waals surface area contributed by atoms with Crippen molar-refractivity contribution in [2.45, 2.75) is 32.7 Å². The fourth-order valence-corrected chi connectivity index (χ4v) is 4.07. The largest absolute Gasteiger partial charge is 0.497 e. The molecule has 0 spiro atoms. The molecule has 1 amide bonds. The number of methoxy groups -OCH3 is 1. The minimum Gasteiger partial charge on any atom is -0.497 e. The third kappa shape index (κ3) is 3.10. The van der Waals surface area contributed by atoms with Crippen molar-refractivity contribution in [2.24, 2.45) is 0 Å². The van der Waals surface area contributed by atoms with Crippen LogP contribution in [0, 0.1) is 6.92 Å². The highest BCUT2D eigenvalue weighted by Crippen LogP contribution is 2.31. The summed E-state index contributed by atoms with van der Waals surface area (Å²) in [5, 5.41) is 7.88. The van der Waals surface area contributed by atoms with Crippen LogP contribution in [-0.2, 0) is 13.0 Å². The van der Waals surface area contributed by atoms with E-state index in [-0.39, 0.29) is 5.91 Å². The zero-order chi connectivity index (χ0) is 18.1. The number of rotatable bonds is 4. The van der Waals surface area contributed by atoms with Crippen LogP contribution in [0.15, 0.2) is 30.5 Å². The number of nitrogens with one attached hydrogen (secondary N) is 1. The Bertz CT molecular complexity index is 943. The van der Waals surface area contributed by atoms with Gasteiger partial charge in [0.25, 0.3) is 5.91 Å². The Morgan fingerprint density at radius 2 is 2.08 bits per heavy atom. The number of ether oxygens (including phenoxy) is 1. The first kappa shape index (κ1) is 16.8. The van der Waals surface area contributed by atoms with Crippen molar-refractivity contribution in [3.63, 3.8) is 0 Å². The molecule has 0 radical (unpaired) electrons. The normalized spacial score (nSPS) is 13.3. The van der Waals surface area contributed by atoms with Crippen molar-refractivity contribution >= 4 is 22.4 Å². The molecule has 0 aliphatic carbocycles. The average Bonchev–Trinajstić information content (AvgIpc) is 3.25. The number of aromatic nitrogens is 3. The van der Waals surface area contributed by atoms with Crippen LogP contribution in [0.2, 0.25) is 0 Å². The molecule has 0 atom stereocenters. The quantitative estimate of drug-likeness (QED) is 0.758. The molecule has 0 bridgehead atoms. The SMILES string of the molecule is COc1ccc(-c2nc(NC(=O)c3cnn4c3CCCC4)sc2C)cc1. The number of aryl methyl sites for hydroxylation is 2. The number of benzene rings is 1. The van der Waals surface area contributed by atoms with E-state index < -0.39 is 0 Å². The Morgan fingerprint density at radius 1 is 1.27 bits per heavy atom. The van der Waals surface area contributed by atoms with Crippen LogP contribution in [0.4, 0.5) is 5.13 Å². The molecule has 0 saturated carbocycles. The summed E-state index contributed by atoms with van der Waals surface area (Å²) >= 11 is 1.48. The summed E-state index contributed by atoms with van der Waals surface area (Å²) in [6.07, 6.45) is 4.79. The molecule has 4 rings (SSSR count). The lowest BCUT2D eigenvalue weighted by atomic mass is 10.1. The van der Waals surface area contributed by atoms with Gasteiger partial charge in [-0.05, 0) is 50.5 Å². The first-order chi connectivity index (χ1) is 12.7. The van der Waals surface area contributed by atoms with E-state index in [0.29, 0.717) is 10.7 Å². The molecule has 3 aromatic rings. The molecule has 1 aromatic carbocycles. The van der Waals surface area contributed by atoms with Crippen LogP contribution >= 0.6 is 11.3 Å². The highest BCUT2D eigenvalue weighted by Gasteiger charge is 2.21. The third-order valence-electron chi connectivity index (χ3n) is 4.61. The van der Waals surface area contributed by atoms with Gasteiger partial charge in [-0.15, -0.1) is 11.3 Å².